The molecule has 0 aromatic rings. The van der Waals surface area contributed by atoms with E-state index < -0.39 is 97.3 Å². The summed E-state index contributed by atoms with van der Waals surface area (Å²) in [5.41, 5.74) is 7.67. The Morgan fingerprint density at radius 1 is 0.781 bits per heavy atom. The van der Waals surface area contributed by atoms with Crippen molar-refractivity contribution in [3.8, 4) is 0 Å². The number of nitrogens with two attached hydrogens (primary N) is 2. The fourth-order valence-corrected chi connectivity index (χ4v) is 2.79. The number of aliphatic hydroxyl groups is 1. The Balaban J connectivity index is 6.91. The quantitative estimate of drug-likeness (QED) is 0.126. The van der Waals surface area contributed by atoms with Gasteiger partial charge in [-0.2, -0.15) is 0 Å². The van der Waals surface area contributed by atoms with Crippen LogP contribution < -0.4 is 11.5 Å². The largest absolute Gasteiger partial charge is 0.481 e. The lowest BCUT2D eigenvalue weighted by atomic mass is 9.82. The molecule has 0 aliphatic heterocycles. The molecule has 0 aliphatic carbocycles. The van der Waals surface area contributed by atoms with Crippen LogP contribution in [0.4, 0.5) is 0 Å². The highest BCUT2D eigenvalue weighted by Crippen LogP contribution is 2.29. The van der Waals surface area contributed by atoms with E-state index in [1.165, 1.54) is 0 Å². The second-order valence-electron chi connectivity index (χ2n) is 6.96. The Hall–Kier alpha value is -3.43. The Bertz CT molecular complexity index is 762. The number of rotatable bonds is 14. The number of imide groups is 1. The van der Waals surface area contributed by atoms with E-state index in [4.69, 9.17) is 26.8 Å². The van der Waals surface area contributed by atoms with Crippen LogP contribution in [0.2, 0.25) is 0 Å². The van der Waals surface area contributed by atoms with E-state index >= 15 is 0 Å². The van der Waals surface area contributed by atoms with Crippen LogP contribution in [0.5, 0.6) is 0 Å². The van der Waals surface area contributed by atoms with Gasteiger partial charge in [0.1, 0.15) is 0 Å². The fraction of sp³-hybridized carbons (Fsp3) is 0.588. The molecule has 15 heteroatoms. The summed E-state index contributed by atoms with van der Waals surface area (Å²) in [7, 11) is 0. The summed E-state index contributed by atoms with van der Waals surface area (Å²) in [6.45, 7) is 1.07. The highest BCUT2D eigenvalue weighted by molar-refractivity contribution is 6.17. The summed E-state index contributed by atoms with van der Waals surface area (Å²) in [5.74, 6) is -12.0. The summed E-state index contributed by atoms with van der Waals surface area (Å²) >= 11 is 0. The lowest BCUT2D eigenvalue weighted by Gasteiger charge is -2.40. The number of nitrogens with zero attached hydrogens (tertiary/aromatic N) is 1. The van der Waals surface area contributed by atoms with Gasteiger partial charge in [0.15, 0.2) is 5.78 Å². The number of carbonyl (C=O) groups is 7. The monoisotopic (exact) mass is 463 g/mol. The number of carboxylic acid groups (broad SMARTS) is 4. The van der Waals surface area contributed by atoms with Crippen molar-refractivity contribution in [2.24, 2.45) is 11.5 Å². The maximum atomic E-state index is 12.9. The molecule has 32 heavy (non-hydrogen) atoms. The average Bonchev–Trinajstić information content (AvgIpc) is 2.61. The van der Waals surface area contributed by atoms with Crippen molar-refractivity contribution in [3.63, 3.8) is 0 Å². The molecular weight excluding hydrogens is 438 g/mol. The molecule has 180 valence electrons. The Morgan fingerprint density at radius 2 is 1.19 bits per heavy atom. The highest BCUT2D eigenvalue weighted by Gasteiger charge is 2.57. The SMILES string of the molecule is CC(O)CC(=O)C(CCC(=O)O)(C(=O)O)N(C(=O)C(N)CC(=O)O)C(=O)C(N)CC(=O)O. The van der Waals surface area contributed by atoms with Crippen LogP contribution in [0, 0.1) is 0 Å². The van der Waals surface area contributed by atoms with Gasteiger partial charge in [-0.1, -0.05) is 0 Å². The van der Waals surface area contributed by atoms with Gasteiger partial charge in [0.2, 0.25) is 17.4 Å². The van der Waals surface area contributed by atoms with Gasteiger partial charge in [-0.3, -0.25) is 33.7 Å². The van der Waals surface area contributed by atoms with Crippen molar-refractivity contribution in [2.45, 2.75) is 62.8 Å². The predicted molar refractivity (Wildman–Crippen MR) is 101 cm³/mol. The van der Waals surface area contributed by atoms with Crippen molar-refractivity contribution >= 4 is 41.5 Å². The molecule has 0 saturated heterocycles. The topological polar surface area (TPSA) is 276 Å². The second-order valence-corrected chi connectivity index (χ2v) is 6.96. The molecule has 4 atom stereocenters. The molecule has 0 bridgehead atoms. The van der Waals surface area contributed by atoms with Gasteiger partial charge in [-0.15, -0.1) is 0 Å². The highest BCUT2D eigenvalue weighted by atomic mass is 16.4. The first kappa shape index (κ1) is 28.6. The van der Waals surface area contributed by atoms with Gasteiger partial charge in [-0.05, 0) is 13.3 Å². The summed E-state index contributed by atoms with van der Waals surface area (Å²) in [4.78, 5) is 83.6. The van der Waals surface area contributed by atoms with E-state index in [1.54, 1.807) is 0 Å². The Morgan fingerprint density at radius 3 is 1.47 bits per heavy atom. The molecule has 0 spiro atoms. The Labute approximate surface area is 180 Å². The minimum Gasteiger partial charge on any atom is -0.481 e. The first-order valence-corrected chi connectivity index (χ1v) is 9.07. The zero-order valence-corrected chi connectivity index (χ0v) is 17.0. The molecular formula is C17H25N3O12. The first-order chi connectivity index (χ1) is 14.6. The first-order valence-electron chi connectivity index (χ1n) is 9.07. The van der Waals surface area contributed by atoms with Gasteiger partial charge >= 0.3 is 23.9 Å². The summed E-state index contributed by atoms with van der Waals surface area (Å²) < 4.78 is 0. The van der Waals surface area contributed by atoms with Crippen LogP contribution in [0.1, 0.15) is 39.0 Å². The van der Waals surface area contributed by atoms with Crippen LogP contribution in [0.25, 0.3) is 0 Å². The smallest absolute Gasteiger partial charge is 0.337 e. The standard InChI is InChI=1S/C17H25N3O12/c1-7(21)4-10(22)17(16(31)32,3-2-11(23)24)20(14(29)8(18)5-12(25)26)15(30)9(19)6-13(27)28/h7-9,21H,2-6,18-19H2,1H3,(H,23,24)(H,25,26)(H,27,28)(H,31,32). The predicted octanol–water partition coefficient (Wildman–Crippen LogP) is -3.03. The molecule has 4 unspecified atom stereocenters. The number of hydrogen-bond donors (Lipinski definition) is 7. The molecule has 0 radical (unpaired) electrons. The molecule has 0 heterocycles. The van der Waals surface area contributed by atoms with Crippen LogP contribution >= 0.6 is 0 Å². The molecule has 0 saturated carbocycles. The lowest BCUT2D eigenvalue weighted by Crippen LogP contribution is -2.69. The molecule has 0 aromatic heterocycles. The van der Waals surface area contributed by atoms with E-state index in [9.17, 15) is 43.8 Å². The summed E-state index contributed by atoms with van der Waals surface area (Å²) in [6, 6.07) is -4.15. The van der Waals surface area contributed by atoms with E-state index in [2.05, 4.69) is 0 Å². The third-order valence-electron chi connectivity index (χ3n) is 4.24. The van der Waals surface area contributed by atoms with E-state index in [0.29, 0.717) is 0 Å². The van der Waals surface area contributed by atoms with Gasteiger partial charge < -0.3 is 37.0 Å². The van der Waals surface area contributed by atoms with Crippen LogP contribution in [0.15, 0.2) is 0 Å². The molecule has 9 N–H and O–H groups in total. The number of hydrogen-bond acceptors (Lipinski definition) is 10. The van der Waals surface area contributed by atoms with E-state index in [-0.39, 0.29) is 4.90 Å². The Kier molecular flexibility index (Phi) is 10.6. The van der Waals surface area contributed by atoms with Crippen LogP contribution in [0.3, 0.4) is 0 Å². The minimum atomic E-state index is -3.25. The normalized spacial score (nSPS) is 15.5. The molecule has 15 nitrogen and oxygen atoms in total. The van der Waals surface area contributed by atoms with Crippen LogP contribution in [-0.2, 0) is 33.6 Å². The van der Waals surface area contributed by atoms with Crippen molar-refractivity contribution in [2.75, 3.05) is 0 Å². The zero-order chi connectivity index (χ0) is 25.4. The third-order valence-corrected chi connectivity index (χ3v) is 4.24. The average molecular weight is 463 g/mol. The molecule has 0 rings (SSSR count). The van der Waals surface area contributed by atoms with Gasteiger partial charge in [0.05, 0.1) is 31.0 Å². The maximum absolute atomic E-state index is 12.9. The molecule has 0 aliphatic rings. The number of Topliss-reactive ketones (excluding diaryl/α,β-unsaturated/α-hetero) is 1. The summed E-state index contributed by atoms with van der Waals surface area (Å²) in [5, 5.41) is 46.1. The number of carbonyl (C=O) groups excluding carboxylic acids is 3. The molecule has 2 amide bonds. The van der Waals surface area contributed by atoms with Gasteiger partial charge in [-0.25, -0.2) is 4.79 Å². The summed E-state index contributed by atoms with van der Waals surface area (Å²) in [6.07, 6.45) is -6.91. The van der Waals surface area contributed by atoms with Crippen LogP contribution in [-0.4, -0.2) is 95.6 Å². The number of carboxylic acids is 4. The number of aliphatic carboxylic acids is 4. The number of aliphatic hydroxyl groups excluding tert-OH is 1. The van der Waals surface area contributed by atoms with Crippen molar-refractivity contribution in [3.05, 3.63) is 0 Å². The van der Waals surface area contributed by atoms with E-state index in [1.807, 2.05) is 0 Å². The maximum Gasteiger partial charge on any atom is 0.337 e. The fourth-order valence-electron chi connectivity index (χ4n) is 2.79. The lowest BCUT2D eigenvalue weighted by molar-refractivity contribution is -0.174. The van der Waals surface area contributed by atoms with Gasteiger partial charge in [0.25, 0.3) is 0 Å². The third kappa shape index (κ3) is 7.36. The minimum absolute atomic E-state index is 0.274. The molecule has 0 aromatic carbocycles. The number of amides is 2. The van der Waals surface area contributed by atoms with Gasteiger partial charge in [0, 0.05) is 12.8 Å². The molecule has 0 fully saturated rings. The van der Waals surface area contributed by atoms with Crippen molar-refractivity contribution in [1.82, 2.24) is 4.90 Å². The van der Waals surface area contributed by atoms with Crippen molar-refractivity contribution < 1.29 is 59.1 Å². The zero-order valence-electron chi connectivity index (χ0n) is 17.0. The second kappa shape index (κ2) is 11.8. The van der Waals surface area contributed by atoms with E-state index in [0.717, 1.165) is 6.92 Å². The van der Waals surface area contributed by atoms with Crippen molar-refractivity contribution in [1.29, 1.82) is 0 Å². The number of ketones is 1.